The maximum atomic E-state index is 11.2. The van der Waals surface area contributed by atoms with E-state index in [1.54, 1.807) is 0 Å². The van der Waals surface area contributed by atoms with Crippen LogP contribution in [0, 0.1) is 11.8 Å². The number of nitrogens with zero attached hydrogens (tertiary/aromatic N) is 2. The summed E-state index contributed by atoms with van der Waals surface area (Å²) in [7, 11) is 0. The Morgan fingerprint density at radius 3 is 2.50 bits per heavy atom. The zero-order chi connectivity index (χ0) is 20.8. The molecule has 1 saturated heterocycles. The van der Waals surface area contributed by atoms with Crippen molar-refractivity contribution in [3.8, 4) is 0 Å². The van der Waals surface area contributed by atoms with E-state index in [1.165, 1.54) is 0 Å². The summed E-state index contributed by atoms with van der Waals surface area (Å²) in [6.07, 6.45) is 5.28. The summed E-state index contributed by atoms with van der Waals surface area (Å²) in [4.78, 5) is 18.4. The molecule has 1 aliphatic heterocycles. The Morgan fingerprint density at radius 1 is 1.21 bits per heavy atom. The number of unbranched alkanes of at least 4 members (excludes halogenated alkanes) is 1. The quantitative estimate of drug-likeness (QED) is 0.251. The number of nitrogens with two attached hydrogens (primary N) is 1. The molecule has 0 bridgehead atoms. The largest absolute Gasteiger partial charge is 0.378 e. The second-order valence-electron chi connectivity index (χ2n) is 7.94. The van der Waals surface area contributed by atoms with Crippen LogP contribution in [0.5, 0.6) is 0 Å². The molecule has 1 amide bonds. The van der Waals surface area contributed by atoms with Gasteiger partial charge in [0.25, 0.3) is 0 Å². The number of hydrogen-bond donors (Lipinski definition) is 3. The molecule has 1 aliphatic rings. The molecule has 0 aliphatic carbocycles. The number of guanidine groups is 1. The Hall–Kier alpha value is -1.34. The minimum atomic E-state index is -0.140. The van der Waals surface area contributed by atoms with E-state index in [0.717, 1.165) is 83.9 Å². The lowest BCUT2D eigenvalue weighted by Gasteiger charge is -2.30. The van der Waals surface area contributed by atoms with Crippen LogP contribution in [0.1, 0.15) is 59.8 Å². The Bertz CT molecular complexity index is 448. The van der Waals surface area contributed by atoms with Crippen molar-refractivity contribution in [1.82, 2.24) is 15.5 Å². The van der Waals surface area contributed by atoms with Crippen LogP contribution in [0.4, 0.5) is 0 Å². The highest BCUT2D eigenvalue weighted by Gasteiger charge is 2.22. The molecule has 4 N–H and O–H groups in total. The van der Waals surface area contributed by atoms with E-state index >= 15 is 0 Å². The van der Waals surface area contributed by atoms with Gasteiger partial charge in [-0.3, -0.25) is 9.79 Å². The highest BCUT2D eigenvalue weighted by Crippen LogP contribution is 2.16. The highest BCUT2D eigenvalue weighted by molar-refractivity contribution is 5.79. The van der Waals surface area contributed by atoms with Crippen LogP contribution >= 0.6 is 0 Å². The van der Waals surface area contributed by atoms with E-state index in [9.17, 15) is 4.79 Å². The molecule has 1 atom stereocenters. The molecule has 1 unspecified atom stereocenters. The number of primary amides is 1. The van der Waals surface area contributed by atoms with Gasteiger partial charge in [0, 0.05) is 32.2 Å². The second-order valence-corrected chi connectivity index (χ2v) is 7.94. The maximum Gasteiger partial charge on any atom is 0.220 e. The topological polar surface area (TPSA) is 92.0 Å². The number of carbonyl (C=O) groups is 1. The lowest BCUT2D eigenvalue weighted by molar-refractivity contribution is -0.123. The van der Waals surface area contributed by atoms with Crippen molar-refractivity contribution in [2.45, 2.75) is 65.9 Å². The summed E-state index contributed by atoms with van der Waals surface area (Å²) >= 11 is 0. The van der Waals surface area contributed by atoms with Gasteiger partial charge in [-0.25, -0.2) is 0 Å². The minimum absolute atomic E-state index is 0.0765. The summed E-state index contributed by atoms with van der Waals surface area (Å²) in [5, 5.41) is 6.74. The van der Waals surface area contributed by atoms with Crippen molar-refractivity contribution in [3.05, 3.63) is 0 Å². The third-order valence-corrected chi connectivity index (χ3v) is 5.33. The first-order chi connectivity index (χ1) is 13.5. The molecule has 28 heavy (non-hydrogen) atoms. The minimum Gasteiger partial charge on any atom is -0.378 e. The molecule has 1 rings (SSSR count). The SMILES string of the molecule is CCNC(=NCCCCN1CCC(C(N)=O)CC1)NCCC(OCC)C(C)C. The lowest BCUT2D eigenvalue weighted by atomic mass is 9.96. The molecule has 1 fully saturated rings. The maximum absolute atomic E-state index is 11.2. The average Bonchev–Trinajstić information content (AvgIpc) is 2.67. The van der Waals surface area contributed by atoms with E-state index in [-0.39, 0.29) is 11.8 Å². The first-order valence-electron chi connectivity index (χ1n) is 11.1. The number of hydrogen-bond acceptors (Lipinski definition) is 4. The standard InChI is InChI=1S/C21H43N5O2/c1-5-23-21(25-13-9-19(17(3)4)28-6-2)24-12-7-8-14-26-15-10-18(11-16-26)20(22)27/h17-19H,5-16H2,1-4H3,(H2,22,27)(H2,23,24,25). The van der Waals surface area contributed by atoms with Gasteiger partial charge in [-0.1, -0.05) is 13.8 Å². The molecule has 0 spiro atoms. The van der Waals surface area contributed by atoms with Gasteiger partial charge in [0.2, 0.25) is 5.91 Å². The summed E-state index contributed by atoms with van der Waals surface area (Å²) < 4.78 is 5.81. The number of likely N-dealkylation sites (tertiary alicyclic amines) is 1. The Labute approximate surface area is 171 Å². The van der Waals surface area contributed by atoms with Gasteiger partial charge in [-0.05, 0) is 71.5 Å². The van der Waals surface area contributed by atoms with Crippen molar-refractivity contribution in [1.29, 1.82) is 0 Å². The molecule has 0 aromatic heterocycles. The number of rotatable bonds is 13. The fraction of sp³-hybridized carbons (Fsp3) is 0.905. The lowest BCUT2D eigenvalue weighted by Crippen LogP contribution is -2.39. The van der Waals surface area contributed by atoms with E-state index in [4.69, 9.17) is 15.5 Å². The number of piperidine rings is 1. The first kappa shape index (κ1) is 24.7. The van der Waals surface area contributed by atoms with Crippen molar-refractivity contribution in [3.63, 3.8) is 0 Å². The van der Waals surface area contributed by atoms with E-state index < -0.39 is 0 Å². The third kappa shape index (κ3) is 10.3. The van der Waals surface area contributed by atoms with Crippen molar-refractivity contribution in [2.24, 2.45) is 22.6 Å². The fourth-order valence-electron chi connectivity index (χ4n) is 3.58. The number of carbonyl (C=O) groups excluding carboxylic acids is 1. The predicted molar refractivity (Wildman–Crippen MR) is 116 cm³/mol. The van der Waals surface area contributed by atoms with E-state index in [0.29, 0.717) is 12.0 Å². The molecule has 0 aromatic rings. The van der Waals surface area contributed by atoms with Crippen LogP contribution < -0.4 is 16.4 Å². The Morgan fingerprint density at radius 2 is 1.93 bits per heavy atom. The van der Waals surface area contributed by atoms with Crippen molar-refractivity contribution >= 4 is 11.9 Å². The molecular formula is C21H43N5O2. The summed E-state index contributed by atoms with van der Waals surface area (Å²) in [5.41, 5.74) is 5.40. The van der Waals surface area contributed by atoms with Crippen LogP contribution in [-0.4, -0.2) is 68.7 Å². The molecular weight excluding hydrogens is 354 g/mol. The van der Waals surface area contributed by atoms with Crippen LogP contribution in [0.25, 0.3) is 0 Å². The van der Waals surface area contributed by atoms with Gasteiger partial charge >= 0.3 is 0 Å². The zero-order valence-electron chi connectivity index (χ0n) is 18.5. The molecule has 7 nitrogen and oxygen atoms in total. The molecule has 0 aromatic carbocycles. The van der Waals surface area contributed by atoms with Crippen molar-refractivity contribution < 1.29 is 9.53 Å². The summed E-state index contributed by atoms with van der Waals surface area (Å²) in [6.45, 7) is 14.9. The van der Waals surface area contributed by atoms with E-state index in [1.807, 2.05) is 6.92 Å². The second kappa shape index (κ2) is 14.6. The van der Waals surface area contributed by atoms with Crippen LogP contribution in [0.15, 0.2) is 4.99 Å². The van der Waals surface area contributed by atoms with Gasteiger partial charge < -0.3 is 26.0 Å². The molecule has 164 valence electrons. The number of amides is 1. The van der Waals surface area contributed by atoms with Crippen LogP contribution in [0.2, 0.25) is 0 Å². The summed E-state index contributed by atoms with van der Waals surface area (Å²) in [5.74, 6) is 1.35. The van der Waals surface area contributed by atoms with Gasteiger partial charge in [0.15, 0.2) is 5.96 Å². The van der Waals surface area contributed by atoms with Gasteiger partial charge in [-0.2, -0.15) is 0 Å². The van der Waals surface area contributed by atoms with Gasteiger partial charge in [0.05, 0.1) is 6.10 Å². The molecule has 0 saturated carbocycles. The number of ether oxygens (including phenoxy) is 1. The molecule has 7 heteroatoms. The van der Waals surface area contributed by atoms with Gasteiger partial charge in [0.1, 0.15) is 0 Å². The fourth-order valence-corrected chi connectivity index (χ4v) is 3.58. The van der Waals surface area contributed by atoms with Crippen molar-refractivity contribution in [2.75, 3.05) is 45.9 Å². The van der Waals surface area contributed by atoms with E-state index in [2.05, 4.69) is 36.3 Å². The molecule has 1 heterocycles. The highest BCUT2D eigenvalue weighted by atomic mass is 16.5. The predicted octanol–water partition coefficient (Wildman–Crippen LogP) is 1.97. The Balaban J connectivity index is 2.22. The number of nitrogens with one attached hydrogen (secondary N) is 2. The van der Waals surface area contributed by atoms with Crippen LogP contribution in [-0.2, 0) is 9.53 Å². The molecule has 0 radical (unpaired) electrons. The number of aliphatic imine (C=N–C) groups is 1. The normalized spacial score (nSPS) is 17.7. The van der Waals surface area contributed by atoms with Gasteiger partial charge in [-0.15, -0.1) is 0 Å². The first-order valence-corrected chi connectivity index (χ1v) is 11.1. The van der Waals surface area contributed by atoms with Crippen LogP contribution in [0.3, 0.4) is 0 Å². The smallest absolute Gasteiger partial charge is 0.220 e. The zero-order valence-corrected chi connectivity index (χ0v) is 18.5. The summed E-state index contributed by atoms with van der Waals surface area (Å²) in [6, 6.07) is 0. The monoisotopic (exact) mass is 397 g/mol. The third-order valence-electron chi connectivity index (χ3n) is 5.33. The average molecular weight is 398 g/mol. The Kier molecular flexibility index (Phi) is 12.9.